The van der Waals surface area contributed by atoms with Crippen LogP contribution >= 0.6 is 0 Å². The van der Waals surface area contributed by atoms with Crippen LogP contribution in [0, 0.1) is 11.6 Å². The van der Waals surface area contributed by atoms with Crippen LogP contribution in [0.15, 0.2) is 35.3 Å². The number of carboxylic acids is 1. The Bertz CT molecular complexity index is 1270. The number of hydrogen-bond donors (Lipinski definition) is 2. The van der Waals surface area contributed by atoms with Crippen molar-refractivity contribution in [3.8, 4) is 11.1 Å². The molecular weight excluding hydrogens is 385 g/mol. The van der Waals surface area contributed by atoms with Crippen LogP contribution < -0.4 is 10.7 Å². The number of nitrogens with one attached hydrogen (secondary N) is 1. The molecule has 1 aliphatic heterocycles. The molecule has 5 rings (SSSR count). The van der Waals surface area contributed by atoms with E-state index in [-0.39, 0.29) is 17.5 Å². The minimum atomic E-state index is -1.53. The van der Waals surface area contributed by atoms with Crippen molar-refractivity contribution in [2.24, 2.45) is 0 Å². The monoisotopic (exact) mass is 400 g/mol. The van der Waals surface area contributed by atoms with E-state index in [0.29, 0.717) is 18.7 Å². The number of alkyl halides is 1. The molecule has 0 bridgehead atoms. The second kappa shape index (κ2) is 6.18. The van der Waals surface area contributed by atoms with E-state index in [1.54, 1.807) is 18.2 Å². The average Bonchev–Trinajstić information content (AvgIpc) is 3.21. The molecule has 0 spiro atoms. The van der Waals surface area contributed by atoms with Crippen molar-refractivity contribution in [3.05, 3.63) is 69.0 Å². The number of carboxylic acid groups (broad SMARTS) is 1. The van der Waals surface area contributed by atoms with E-state index in [0.717, 1.165) is 28.0 Å². The highest BCUT2D eigenvalue weighted by Gasteiger charge is 2.41. The molecule has 0 amide bonds. The number of benzene rings is 2. The molecule has 29 heavy (non-hydrogen) atoms. The topological polar surface area (TPSA) is 71.3 Å². The number of aromatic nitrogens is 1. The van der Waals surface area contributed by atoms with Crippen LogP contribution in [0.3, 0.4) is 0 Å². The van der Waals surface area contributed by atoms with Gasteiger partial charge < -0.3 is 15.0 Å². The zero-order chi connectivity index (χ0) is 20.4. The highest BCUT2D eigenvalue weighted by molar-refractivity contribution is 5.94. The maximum atomic E-state index is 15.6. The molecule has 0 radical (unpaired) electrons. The summed E-state index contributed by atoms with van der Waals surface area (Å²) in [5.74, 6) is -3.50. The summed E-state index contributed by atoms with van der Waals surface area (Å²) < 4.78 is 45.4. The Kier molecular flexibility index (Phi) is 3.82. The van der Waals surface area contributed by atoms with E-state index in [1.165, 1.54) is 0 Å². The quantitative estimate of drug-likeness (QED) is 0.706. The molecule has 2 aliphatic rings. The number of pyridine rings is 1. The first kappa shape index (κ1) is 17.9. The first-order chi connectivity index (χ1) is 13.9. The molecule has 8 heteroatoms. The van der Waals surface area contributed by atoms with Crippen molar-refractivity contribution in [2.75, 3.05) is 0 Å². The number of nitrogens with zero attached hydrogens (tertiary/aromatic N) is 1. The smallest absolute Gasteiger partial charge is 0.341 e. The van der Waals surface area contributed by atoms with Gasteiger partial charge in [0.15, 0.2) is 5.82 Å². The predicted molar refractivity (Wildman–Crippen MR) is 99.6 cm³/mol. The molecule has 0 saturated heterocycles. The maximum Gasteiger partial charge on any atom is 0.341 e. The molecule has 2 N–H and O–H groups in total. The molecule has 1 aromatic heterocycles. The van der Waals surface area contributed by atoms with Crippen LogP contribution in [0.25, 0.3) is 22.0 Å². The number of hydrogen-bond acceptors (Lipinski definition) is 3. The summed E-state index contributed by atoms with van der Waals surface area (Å²) in [6.07, 6.45) is -0.246. The lowest BCUT2D eigenvalue weighted by Crippen LogP contribution is -2.20. The molecule has 1 saturated carbocycles. The zero-order valence-corrected chi connectivity index (χ0v) is 15.0. The molecule has 0 unspecified atom stereocenters. The molecule has 1 fully saturated rings. The fourth-order valence-corrected chi connectivity index (χ4v) is 4.01. The van der Waals surface area contributed by atoms with Gasteiger partial charge in [0.25, 0.3) is 0 Å². The van der Waals surface area contributed by atoms with Crippen LogP contribution in [0.5, 0.6) is 0 Å². The molecule has 148 valence electrons. The molecule has 2 atom stereocenters. The molecule has 3 aromatic rings. The second-order valence-electron chi connectivity index (χ2n) is 7.43. The molecule has 5 nitrogen and oxygen atoms in total. The number of rotatable bonds is 3. The highest BCUT2D eigenvalue weighted by Crippen LogP contribution is 2.42. The van der Waals surface area contributed by atoms with Crippen LogP contribution in [-0.4, -0.2) is 21.8 Å². The predicted octanol–water partition coefficient (Wildman–Crippen LogP) is 3.53. The molecule has 2 aromatic carbocycles. The van der Waals surface area contributed by atoms with Gasteiger partial charge in [0.1, 0.15) is 17.6 Å². The number of halogens is 3. The van der Waals surface area contributed by atoms with E-state index in [2.05, 4.69) is 5.32 Å². The van der Waals surface area contributed by atoms with Crippen LogP contribution in [0.4, 0.5) is 13.2 Å². The van der Waals surface area contributed by atoms with Crippen molar-refractivity contribution in [2.45, 2.75) is 31.7 Å². The molecule has 1 aliphatic carbocycles. The van der Waals surface area contributed by atoms with Gasteiger partial charge in [0.2, 0.25) is 5.43 Å². The first-order valence-corrected chi connectivity index (χ1v) is 9.14. The largest absolute Gasteiger partial charge is 0.477 e. The Balaban J connectivity index is 1.83. The Morgan fingerprint density at radius 3 is 2.59 bits per heavy atom. The lowest BCUT2D eigenvalue weighted by Gasteiger charge is -2.15. The zero-order valence-electron chi connectivity index (χ0n) is 15.0. The van der Waals surface area contributed by atoms with Crippen molar-refractivity contribution in [3.63, 3.8) is 0 Å². The van der Waals surface area contributed by atoms with Crippen molar-refractivity contribution < 1.29 is 23.1 Å². The highest BCUT2D eigenvalue weighted by atomic mass is 19.1. The van der Waals surface area contributed by atoms with Crippen LogP contribution in [0.2, 0.25) is 0 Å². The fourth-order valence-electron chi connectivity index (χ4n) is 4.01. The summed E-state index contributed by atoms with van der Waals surface area (Å²) in [6, 6.07) is 5.13. The fraction of sp³-hybridized carbons (Fsp3) is 0.238. The summed E-state index contributed by atoms with van der Waals surface area (Å²) in [7, 11) is 0. The average molecular weight is 400 g/mol. The first-order valence-electron chi connectivity index (χ1n) is 9.14. The summed E-state index contributed by atoms with van der Waals surface area (Å²) in [6.45, 7) is 1.26. The molecular formula is C21H15F3N2O3. The molecule has 2 heterocycles. The van der Waals surface area contributed by atoms with Crippen LogP contribution in [-0.2, 0) is 13.1 Å². The van der Waals surface area contributed by atoms with E-state index in [4.69, 9.17) is 0 Å². The minimum absolute atomic E-state index is 0.0771. The summed E-state index contributed by atoms with van der Waals surface area (Å²) in [4.78, 5) is 23.9. The third-order valence-corrected chi connectivity index (χ3v) is 5.60. The van der Waals surface area contributed by atoms with Gasteiger partial charge in [-0.25, -0.2) is 18.0 Å². The van der Waals surface area contributed by atoms with Crippen molar-refractivity contribution >= 4 is 16.9 Å². The van der Waals surface area contributed by atoms with Crippen molar-refractivity contribution in [1.29, 1.82) is 0 Å². The van der Waals surface area contributed by atoms with Gasteiger partial charge >= 0.3 is 5.97 Å². The van der Waals surface area contributed by atoms with Gasteiger partial charge in [-0.15, -0.1) is 0 Å². The summed E-state index contributed by atoms with van der Waals surface area (Å²) in [5.41, 5.74) is 0.0228. The SMILES string of the molecule is O=C(O)c1cn([C@@H]2C[C@@H]2F)c2c(F)c(-c3ccc4c(c3)CNC4)c(F)cc2c1=O. The van der Waals surface area contributed by atoms with E-state index < -0.39 is 46.2 Å². The Morgan fingerprint density at radius 2 is 1.90 bits per heavy atom. The minimum Gasteiger partial charge on any atom is -0.477 e. The normalized spacial score (nSPS) is 20.1. The lowest BCUT2D eigenvalue weighted by atomic mass is 9.97. The van der Waals surface area contributed by atoms with Gasteiger partial charge in [0, 0.05) is 25.7 Å². The van der Waals surface area contributed by atoms with E-state index in [9.17, 15) is 23.5 Å². The van der Waals surface area contributed by atoms with E-state index >= 15 is 4.39 Å². The van der Waals surface area contributed by atoms with Crippen molar-refractivity contribution in [1.82, 2.24) is 9.88 Å². The van der Waals surface area contributed by atoms with Gasteiger partial charge in [0.05, 0.1) is 22.5 Å². The van der Waals surface area contributed by atoms with Gasteiger partial charge in [-0.3, -0.25) is 4.79 Å². The van der Waals surface area contributed by atoms with Gasteiger partial charge in [-0.05, 0) is 28.8 Å². The second-order valence-corrected chi connectivity index (χ2v) is 7.43. The number of fused-ring (bicyclic) bond motifs is 2. The standard InChI is InChI=1S/C21H15F3N2O3/c22-14-5-16(14)26-8-13(21(28)29)20(27)12-4-15(23)17(18(24)19(12)26)9-1-2-10-6-25-7-11(10)3-9/h1-4,8,14,16,25H,5-7H2,(H,28,29)/t14-,16+/m0/s1. The Hall–Kier alpha value is -3.13. The lowest BCUT2D eigenvalue weighted by molar-refractivity contribution is 0.0694. The van der Waals surface area contributed by atoms with Gasteiger partial charge in [-0.1, -0.05) is 12.1 Å². The van der Waals surface area contributed by atoms with E-state index in [1.807, 2.05) is 0 Å². The summed E-state index contributed by atoms with van der Waals surface area (Å²) in [5, 5.41) is 12.0. The Labute approximate surface area is 162 Å². The van der Waals surface area contributed by atoms with Crippen LogP contribution in [0.1, 0.15) is 33.9 Å². The number of carbonyl (C=O) groups is 1. The third kappa shape index (κ3) is 2.66. The van der Waals surface area contributed by atoms with Gasteiger partial charge in [-0.2, -0.15) is 0 Å². The third-order valence-electron chi connectivity index (χ3n) is 5.60. The summed E-state index contributed by atoms with van der Waals surface area (Å²) >= 11 is 0. The Morgan fingerprint density at radius 1 is 1.17 bits per heavy atom. The number of aromatic carboxylic acids is 1. The maximum absolute atomic E-state index is 15.6.